The van der Waals surface area contributed by atoms with E-state index in [9.17, 15) is 14.7 Å². The molecule has 0 radical (unpaired) electrons. The van der Waals surface area contributed by atoms with Gasteiger partial charge in [0.2, 0.25) is 0 Å². The number of likely N-dealkylation sites (tertiary alicyclic amines) is 1. The van der Waals surface area contributed by atoms with Crippen LogP contribution >= 0.6 is 0 Å². The number of amides is 1. The molecule has 2 aliphatic rings. The van der Waals surface area contributed by atoms with E-state index in [0.29, 0.717) is 51.9 Å². The number of carboxylic acids is 1. The number of carboxylic acid groups (broad SMARTS) is 1. The minimum atomic E-state index is -0.978. The molecule has 0 unspecified atom stereocenters. The van der Waals surface area contributed by atoms with Crippen LogP contribution in [0.15, 0.2) is 69.7 Å². The van der Waals surface area contributed by atoms with Crippen LogP contribution in [0, 0.1) is 41.5 Å². The largest absolute Gasteiger partial charge is 0.496 e. The quantitative estimate of drug-likeness (QED) is 0.116. The van der Waals surface area contributed by atoms with Crippen LogP contribution in [0.5, 0.6) is 11.5 Å². The molecule has 91 heavy (non-hydrogen) atoms. The smallest absolute Gasteiger partial charge is 0.335 e. The first-order chi connectivity index (χ1) is 42.1. The van der Waals surface area contributed by atoms with Gasteiger partial charge in [-0.3, -0.25) is 9.69 Å². The Kier molecular flexibility index (Phi) is 20.4. The first kappa shape index (κ1) is 68.4. The number of piperidine rings is 1. The predicted molar refractivity (Wildman–Crippen MR) is 367 cm³/mol. The molecule has 8 heterocycles. The lowest BCUT2D eigenvalue weighted by Crippen LogP contribution is -2.50. The number of nitrogens with zero attached hydrogens (tertiary/aromatic N) is 9. The molecule has 0 spiro atoms. The van der Waals surface area contributed by atoms with E-state index in [-0.39, 0.29) is 37.2 Å². The SMILES string of the molecule is C.C.CC(C)N1CCCCC1.COc1cc2c(cc1-c1c(C)noc1C)[nH]c1nc(C)nc(-c3cc(C(=O)N4CCN(C(C)C)CC4)cc(C(C)(C)C)c3)c12.COc1cc2c(cc1-c1c(C)noc1C)[nH]c1nc(C)nc(-c3cc(C(=O)O)cc(C(C)(C)C)c3)c12. The van der Waals surface area contributed by atoms with Gasteiger partial charge in [0, 0.05) is 87.9 Å². The maximum absolute atomic E-state index is 14.0. The Hall–Kier alpha value is -8.48. The highest BCUT2D eigenvalue weighted by molar-refractivity contribution is 6.15. The third-order valence-corrected chi connectivity index (χ3v) is 17.5. The van der Waals surface area contributed by atoms with Crippen LogP contribution in [0.3, 0.4) is 0 Å². The minimum absolute atomic E-state index is 0. The first-order valence-corrected chi connectivity index (χ1v) is 31.1. The second-order valence-corrected chi connectivity index (χ2v) is 26.5. The lowest BCUT2D eigenvalue weighted by Gasteiger charge is -2.37. The Morgan fingerprint density at radius 3 is 1.31 bits per heavy atom. The number of aromatic carboxylic acids is 1. The van der Waals surface area contributed by atoms with Crippen LogP contribution < -0.4 is 9.47 Å². The average Bonchev–Trinajstić information content (AvgIpc) is 1.63. The number of methoxy groups -OCH3 is 2. The highest BCUT2D eigenvalue weighted by Gasteiger charge is 2.29. The normalized spacial score (nSPS) is 14.1. The summed E-state index contributed by atoms with van der Waals surface area (Å²) in [5.74, 6) is 3.13. The summed E-state index contributed by atoms with van der Waals surface area (Å²) in [5.41, 5.74) is 13.9. The van der Waals surface area contributed by atoms with Gasteiger partial charge in [0.15, 0.2) is 0 Å². The van der Waals surface area contributed by atoms with E-state index in [1.807, 2.05) is 76.8 Å². The van der Waals surface area contributed by atoms with E-state index in [1.54, 1.807) is 26.4 Å². The molecule has 0 bridgehead atoms. The number of aromatic nitrogens is 8. The van der Waals surface area contributed by atoms with E-state index in [4.69, 9.17) is 33.5 Å². The standard InChI is InChI=1S/C35H42N6O3.C28H28N4O4.C8H17N.2CH4/c1-19(2)40-10-12-41(13-11-40)34(42)24-14-23(15-25(16-24)35(6,7)8)32-31-26-18-29(43-9)27(30-20(3)39-44-21(30)4)17-28(26)38-33(31)37-22(5)36-32;1-13-23(14(2)36-32-13)20-11-21-19(12-22(20)35-7)24-25(29-15(3)30-26(24)31-21)16-8-17(27(33)34)10-18(9-16)28(4,5)6;1-8(2)9-6-4-3-5-7-9;;/h14-19H,10-13H2,1-9H3,(H,36,37,38);8-12H,1-7H3,(H,33,34)(H,29,30,31);8H,3-7H2,1-2H3;2*1H4. The summed E-state index contributed by atoms with van der Waals surface area (Å²) in [6, 6.07) is 21.0. The summed E-state index contributed by atoms with van der Waals surface area (Å²) in [5, 5.41) is 21.6. The molecule has 484 valence electrons. The Labute approximate surface area is 536 Å². The van der Waals surface area contributed by atoms with Crippen LogP contribution in [0.2, 0.25) is 0 Å². The number of H-pyrrole nitrogens is 2. The van der Waals surface area contributed by atoms with Crippen molar-refractivity contribution >= 4 is 55.7 Å². The zero-order valence-electron chi connectivity index (χ0n) is 55.2. The van der Waals surface area contributed by atoms with Gasteiger partial charge in [-0.2, -0.15) is 0 Å². The second-order valence-electron chi connectivity index (χ2n) is 26.5. The predicted octanol–water partition coefficient (Wildman–Crippen LogP) is 16.3. The van der Waals surface area contributed by atoms with Gasteiger partial charge in [-0.1, -0.05) is 73.1 Å². The number of aryl methyl sites for hydroxylation is 6. The van der Waals surface area contributed by atoms with E-state index in [2.05, 4.69) is 123 Å². The fourth-order valence-corrected chi connectivity index (χ4v) is 12.5. The van der Waals surface area contributed by atoms with Gasteiger partial charge >= 0.3 is 5.97 Å². The molecule has 6 aromatic heterocycles. The Balaban J connectivity index is 0.000000205. The molecular weight excluding hydrogens is 1140 g/mol. The lowest BCUT2D eigenvalue weighted by atomic mass is 9.84. The van der Waals surface area contributed by atoms with E-state index in [1.165, 1.54) is 32.4 Å². The topological polar surface area (TPSA) is 218 Å². The van der Waals surface area contributed by atoms with Crippen molar-refractivity contribution < 1.29 is 33.2 Å². The highest BCUT2D eigenvalue weighted by Crippen LogP contribution is 2.44. The summed E-state index contributed by atoms with van der Waals surface area (Å²) in [6.07, 6.45) is 4.28. The molecule has 18 heteroatoms. The van der Waals surface area contributed by atoms with Crippen LogP contribution in [0.1, 0.15) is 170 Å². The molecule has 2 saturated heterocycles. The van der Waals surface area contributed by atoms with E-state index >= 15 is 0 Å². The third-order valence-electron chi connectivity index (χ3n) is 17.5. The van der Waals surface area contributed by atoms with Crippen molar-refractivity contribution in [3.8, 4) is 56.3 Å². The summed E-state index contributed by atoms with van der Waals surface area (Å²) in [6.45, 7) is 38.9. The van der Waals surface area contributed by atoms with Crippen LogP contribution in [0.4, 0.5) is 0 Å². The number of nitrogens with one attached hydrogen (secondary N) is 2. The van der Waals surface area contributed by atoms with Gasteiger partial charge in [-0.05, 0) is 178 Å². The van der Waals surface area contributed by atoms with Crippen LogP contribution in [-0.2, 0) is 10.8 Å². The molecule has 18 nitrogen and oxygen atoms in total. The van der Waals surface area contributed by atoms with Crippen molar-refractivity contribution in [3.05, 3.63) is 117 Å². The van der Waals surface area contributed by atoms with Crippen molar-refractivity contribution in [2.24, 2.45) is 0 Å². The molecule has 0 saturated carbocycles. The highest BCUT2D eigenvalue weighted by atomic mass is 16.5. The molecule has 1 amide bonds. The summed E-state index contributed by atoms with van der Waals surface area (Å²) < 4.78 is 22.6. The van der Waals surface area contributed by atoms with E-state index in [0.717, 1.165) is 138 Å². The summed E-state index contributed by atoms with van der Waals surface area (Å²) in [7, 11) is 3.30. The number of rotatable bonds is 10. The van der Waals surface area contributed by atoms with Crippen LogP contribution in [0.25, 0.3) is 88.6 Å². The molecular formula is C73H95N11O7. The Bertz CT molecular complexity index is 4250. The van der Waals surface area contributed by atoms with Crippen molar-refractivity contribution in [2.75, 3.05) is 53.5 Å². The number of piperazine rings is 1. The summed E-state index contributed by atoms with van der Waals surface area (Å²) >= 11 is 0. The molecule has 10 aromatic rings. The zero-order chi connectivity index (χ0) is 64.1. The number of fused-ring (bicyclic) bond motifs is 6. The van der Waals surface area contributed by atoms with E-state index < -0.39 is 5.97 Å². The molecule has 3 N–H and O–H groups in total. The number of ether oxygens (including phenoxy) is 2. The molecule has 0 atom stereocenters. The molecule has 0 aliphatic carbocycles. The summed E-state index contributed by atoms with van der Waals surface area (Å²) in [4.78, 5) is 59.1. The molecule has 2 fully saturated rings. The van der Waals surface area contributed by atoms with Gasteiger partial charge in [0.05, 0.1) is 64.5 Å². The number of hydrogen-bond donors (Lipinski definition) is 3. The maximum Gasteiger partial charge on any atom is 0.335 e. The van der Waals surface area contributed by atoms with Gasteiger partial charge in [-0.15, -0.1) is 0 Å². The van der Waals surface area contributed by atoms with Gasteiger partial charge in [0.25, 0.3) is 5.91 Å². The average molecular weight is 1240 g/mol. The number of benzene rings is 4. The van der Waals surface area contributed by atoms with Crippen LogP contribution in [-0.4, -0.2) is 137 Å². The van der Waals surface area contributed by atoms with Gasteiger partial charge in [0.1, 0.15) is 46.0 Å². The zero-order valence-corrected chi connectivity index (χ0v) is 55.2. The second kappa shape index (κ2) is 27.2. The molecule has 4 aromatic carbocycles. The monoisotopic (exact) mass is 1240 g/mol. The number of carbonyl (C=O) groups is 2. The Morgan fingerprint density at radius 2 is 0.945 bits per heavy atom. The van der Waals surface area contributed by atoms with Gasteiger partial charge < -0.3 is 43.4 Å². The van der Waals surface area contributed by atoms with Gasteiger partial charge in [-0.25, -0.2) is 24.7 Å². The number of carbonyl (C=O) groups excluding carboxylic acids is 1. The first-order valence-electron chi connectivity index (χ1n) is 31.1. The molecule has 12 rings (SSSR count). The fraction of sp³-hybridized carbons (Fsp3) is 0.452. The molecule has 2 aliphatic heterocycles. The minimum Gasteiger partial charge on any atom is -0.496 e. The number of aromatic amines is 2. The lowest BCUT2D eigenvalue weighted by molar-refractivity contribution is 0.0595. The number of hydrogen-bond acceptors (Lipinski definition) is 14. The van der Waals surface area contributed by atoms with Crippen molar-refractivity contribution in [1.82, 2.24) is 54.9 Å². The third kappa shape index (κ3) is 14.1. The fourth-order valence-electron chi connectivity index (χ4n) is 12.5. The van der Waals surface area contributed by atoms with Crippen molar-refractivity contribution in [3.63, 3.8) is 0 Å². The Morgan fingerprint density at radius 1 is 0.538 bits per heavy atom. The maximum atomic E-state index is 14.0. The van der Waals surface area contributed by atoms with Crippen molar-refractivity contribution in [2.45, 2.75) is 168 Å². The van der Waals surface area contributed by atoms with Crippen molar-refractivity contribution in [1.29, 1.82) is 0 Å².